The molecule has 0 amide bonds. The van der Waals surface area contributed by atoms with Crippen molar-refractivity contribution in [1.82, 2.24) is 0 Å². The Hall–Kier alpha value is -2.62. The van der Waals surface area contributed by atoms with Crippen LogP contribution in [0.2, 0.25) is 0 Å². The summed E-state index contributed by atoms with van der Waals surface area (Å²) in [6, 6.07) is 13.9. The van der Waals surface area contributed by atoms with Crippen LogP contribution in [-0.4, -0.2) is 18.9 Å². The van der Waals surface area contributed by atoms with Gasteiger partial charge in [0.15, 0.2) is 6.61 Å². The molecule has 4 nitrogen and oxygen atoms in total. The Labute approximate surface area is 123 Å². The molecule has 0 unspecified atom stereocenters. The van der Waals surface area contributed by atoms with E-state index in [4.69, 9.17) is 9.47 Å². The molecule has 0 atom stereocenters. The number of hydrogen-bond donors (Lipinski definition) is 0. The highest BCUT2D eigenvalue weighted by molar-refractivity contribution is 5.76. The zero-order valence-electron chi connectivity index (χ0n) is 11.7. The summed E-state index contributed by atoms with van der Waals surface area (Å²) in [5.74, 6) is 0.537. The van der Waals surface area contributed by atoms with Crippen molar-refractivity contribution in [3.63, 3.8) is 0 Å². The second-order valence-electron chi connectivity index (χ2n) is 4.45. The van der Waals surface area contributed by atoms with Gasteiger partial charge < -0.3 is 9.47 Å². The molecule has 0 saturated carbocycles. The van der Waals surface area contributed by atoms with E-state index in [1.807, 2.05) is 18.2 Å². The highest BCUT2D eigenvalue weighted by Crippen LogP contribution is 2.14. The number of esters is 1. The molecular formula is C17H16O4. The molecule has 0 heterocycles. The summed E-state index contributed by atoms with van der Waals surface area (Å²) in [7, 11) is 0. The standard InChI is InChI=1S/C17H16O4/c1-2-13-4-3-5-16(10-13)20-12-17(19)21-15-8-6-14(11-18)7-9-15/h3-11H,2,12H2,1H3. The molecule has 0 saturated heterocycles. The summed E-state index contributed by atoms with van der Waals surface area (Å²) < 4.78 is 10.5. The van der Waals surface area contributed by atoms with Crippen LogP contribution >= 0.6 is 0 Å². The number of benzene rings is 2. The zero-order chi connectivity index (χ0) is 15.1. The fourth-order valence-corrected chi connectivity index (χ4v) is 1.77. The van der Waals surface area contributed by atoms with Gasteiger partial charge in [-0.05, 0) is 48.4 Å². The van der Waals surface area contributed by atoms with E-state index in [2.05, 4.69) is 6.92 Å². The van der Waals surface area contributed by atoms with Gasteiger partial charge in [-0.15, -0.1) is 0 Å². The number of rotatable bonds is 6. The van der Waals surface area contributed by atoms with Crippen molar-refractivity contribution in [2.24, 2.45) is 0 Å². The van der Waals surface area contributed by atoms with Crippen molar-refractivity contribution in [2.45, 2.75) is 13.3 Å². The first-order chi connectivity index (χ1) is 10.2. The van der Waals surface area contributed by atoms with E-state index < -0.39 is 5.97 Å². The molecule has 4 heteroatoms. The van der Waals surface area contributed by atoms with E-state index in [0.29, 0.717) is 17.1 Å². The maximum absolute atomic E-state index is 11.7. The van der Waals surface area contributed by atoms with Crippen LogP contribution in [0.15, 0.2) is 48.5 Å². The summed E-state index contributed by atoms with van der Waals surface area (Å²) in [6.07, 6.45) is 1.64. The lowest BCUT2D eigenvalue weighted by Gasteiger charge is -2.07. The molecule has 0 spiro atoms. The van der Waals surface area contributed by atoms with Gasteiger partial charge in [0.2, 0.25) is 0 Å². The van der Waals surface area contributed by atoms with Crippen LogP contribution in [0.3, 0.4) is 0 Å². The zero-order valence-corrected chi connectivity index (χ0v) is 11.7. The van der Waals surface area contributed by atoms with Crippen LogP contribution in [0.5, 0.6) is 11.5 Å². The van der Waals surface area contributed by atoms with Crippen molar-refractivity contribution < 1.29 is 19.1 Å². The molecule has 0 fully saturated rings. The van der Waals surface area contributed by atoms with Crippen molar-refractivity contribution >= 4 is 12.3 Å². The van der Waals surface area contributed by atoms with E-state index in [-0.39, 0.29) is 6.61 Å². The first-order valence-corrected chi connectivity index (χ1v) is 6.69. The molecule has 2 aromatic carbocycles. The van der Waals surface area contributed by atoms with Crippen LogP contribution in [0.25, 0.3) is 0 Å². The molecule has 0 N–H and O–H groups in total. The molecule has 0 aliphatic rings. The molecule has 0 bridgehead atoms. The number of carbonyl (C=O) groups is 2. The van der Waals surface area contributed by atoms with Gasteiger partial charge in [-0.3, -0.25) is 4.79 Å². The molecular weight excluding hydrogens is 268 g/mol. The Morgan fingerprint density at radius 1 is 1.10 bits per heavy atom. The van der Waals surface area contributed by atoms with Crippen molar-refractivity contribution in [1.29, 1.82) is 0 Å². The summed E-state index contributed by atoms with van der Waals surface area (Å²) in [5, 5.41) is 0. The molecule has 21 heavy (non-hydrogen) atoms. The maximum Gasteiger partial charge on any atom is 0.349 e. The summed E-state index contributed by atoms with van der Waals surface area (Å²) in [5.41, 5.74) is 1.67. The van der Waals surface area contributed by atoms with Crippen molar-refractivity contribution in [2.75, 3.05) is 6.61 Å². The highest BCUT2D eigenvalue weighted by Gasteiger charge is 2.06. The number of ether oxygens (including phenoxy) is 2. The molecule has 2 rings (SSSR count). The molecule has 0 aliphatic carbocycles. The molecule has 2 aromatic rings. The normalized spacial score (nSPS) is 9.95. The predicted molar refractivity (Wildman–Crippen MR) is 78.8 cm³/mol. The molecule has 0 aromatic heterocycles. The van der Waals surface area contributed by atoms with Gasteiger partial charge in [-0.1, -0.05) is 19.1 Å². The average molecular weight is 284 g/mol. The minimum Gasteiger partial charge on any atom is -0.482 e. The van der Waals surface area contributed by atoms with Gasteiger partial charge in [0.05, 0.1) is 0 Å². The number of aryl methyl sites for hydroxylation is 1. The van der Waals surface area contributed by atoms with Crippen LogP contribution in [0, 0.1) is 0 Å². The minimum atomic E-state index is -0.490. The Morgan fingerprint density at radius 2 is 1.86 bits per heavy atom. The van der Waals surface area contributed by atoms with Crippen molar-refractivity contribution in [3.05, 3.63) is 59.7 Å². The van der Waals surface area contributed by atoms with Gasteiger partial charge >= 0.3 is 5.97 Å². The van der Waals surface area contributed by atoms with Gasteiger partial charge in [-0.2, -0.15) is 0 Å². The quantitative estimate of drug-likeness (QED) is 0.465. The Bertz CT molecular complexity index is 617. The lowest BCUT2D eigenvalue weighted by atomic mass is 10.2. The second kappa shape index (κ2) is 7.24. The van der Waals surface area contributed by atoms with Crippen LogP contribution < -0.4 is 9.47 Å². The van der Waals surface area contributed by atoms with E-state index in [9.17, 15) is 9.59 Å². The van der Waals surface area contributed by atoms with Gasteiger partial charge in [0.1, 0.15) is 17.8 Å². The van der Waals surface area contributed by atoms with Crippen LogP contribution in [0.4, 0.5) is 0 Å². The third-order valence-electron chi connectivity index (χ3n) is 2.91. The van der Waals surface area contributed by atoms with Crippen LogP contribution in [-0.2, 0) is 11.2 Å². The third-order valence-corrected chi connectivity index (χ3v) is 2.91. The smallest absolute Gasteiger partial charge is 0.349 e. The lowest BCUT2D eigenvalue weighted by Crippen LogP contribution is -2.17. The topological polar surface area (TPSA) is 52.6 Å². The van der Waals surface area contributed by atoms with Crippen molar-refractivity contribution in [3.8, 4) is 11.5 Å². The maximum atomic E-state index is 11.7. The van der Waals surface area contributed by atoms with Gasteiger partial charge in [-0.25, -0.2) is 4.79 Å². The number of hydrogen-bond acceptors (Lipinski definition) is 4. The fourth-order valence-electron chi connectivity index (χ4n) is 1.77. The minimum absolute atomic E-state index is 0.164. The van der Waals surface area contributed by atoms with Crippen LogP contribution in [0.1, 0.15) is 22.8 Å². The SMILES string of the molecule is CCc1cccc(OCC(=O)Oc2ccc(C=O)cc2)c1. The third kappa shape index (κ3) is 4.45. The summed E-state index contributed by atoms with van der Waals surface area (Å²) in [6.45, 7) is 1.89. The number of carbonyl (C=O) groups excluding carboxylic acids is 2. The Kier molecular flexibility index (Phi) is 5.10. The van der Waals surface area contributed by atoms with E-state index in [0.717, 1.165) is 18.3 Å². The Morgan fingerprint density at radius 3 is 2.52 bits per heavy atom. The average Bonchev–Trinajstić information content (AvgIpc) is 2.54. The monoisotopic (exact) mass is 284 g/mol. The van der Waals surface area contributed by atoms with E-state index >= 15 is 0 Å². The Balaban J connectivity index is 1.87. The molecule has 0 aliphatic heterocycles. The van der Waals surface area contributed by atoms with E-state index in [1.54, 1.807) is 30.3 Å². The second-order valence-corrected chi connectivity index (χ2v) is 4.45. The summed E-state index contributed by atoms with van der Waals surface area (Å²) in [4.78, 5) is 22.2. The number of aldehydes is 1. The molecule has 108 valence electrons. The largest absolute Gasteiger partial charge is 0.482 e. The van der Waals surface area contributed by atoms with E-state index in [1.165, 1.54) is 0 Å². The molecule has 0 radical (unpaired) electrons. The predicted octanol–water partition coefficient (Wildman–Crippen LogP) is 3.05. The van der Waals surface area contributed by atoms with Gasteiger partial charge in [0.25, 0.3) is 0 Å². The fraction of sp³-hybridized carbons (Fsp3) is 0.176. The highest BCUT2D eigenvalue weighted by atomic mass is 16.6. The van der Waals surface area contributed by atoms with Gasteiger partial charge in [0, 0.05) is 5.56 Å². The first-order valence-electron chi connectivity index (χ1n) is 6.69. The first kappa shape index (κ1) is 14.8. The summed E-state index contributed by atoms with van der Waals surface area (Å²) >= 11 is 0. The lowest BCUT2D eigenvalue weighted by molar-refractivity contribution is -0.136.